The van der Waals surface area contributed by atoms with Crippen LogP contribution in [-0.2, 0) is 29.5 Å². The maximum absolute atomic E-state index is 12.1. The molecule has 0 N–H and O–H groups in total. The molecule has 7 nitrogen and oxygen atoms in total. The Balaban J connectivity index is 2.33. The molecule has 0 spiro atoms. The van der Waals surface area contributed by atoms with E-state index < -0.39 is 21.2 Å². The van der Waals surface area contributed by atoms with Crippen LogP contribution in [0.3, 0.4) is 0 Å². The van der Waals surface area contributed by atoms with E-state index in [1.54, 1.807) is 0 Å². The standard InChI is InChI=1S/C11H19N3O4S/c1-2-3-4-5-12-10(15)13-6-8-19(17,18)9-7-14(13)11(12)16/h2-9H2,1H3. The lowest BCUT2D eigenvalue weighted by molar-refractivity contribution is 0.480. The normalized spacial score (nSPS) is 17.9. The number of hydrogen-bond donors (Lipinski definition) is 0. The van der Waals surface area contributed by atoms with E-state index in [1.165, 1.54) is 13.9 Å². The predicted octanol–water partition coefficient (Wildman–Crippen LogP) is -0.570. The predicted molar refractivity (Wildman–Crippen MR) is 71.1 cm³/mol. The fourth-order valence-electron chi connectivity index (χ4n) is 2.26. The van der Waals surface area contributed by atoms with Gasteiger partial charge in [0.2, 0.25) is 0 Å². The summed E-state index contributed by atoms with van der Waals surface area (Å²) in [5.74, 6) is -0.156. The third-order valence-corrected chi connectivity index (χ3v) is 5.02. The first-order valence-electron chi connectivity index (χ1n) is 6.57. The lowest BCUT2D eigenvalue weighted by Gasteiger charge is -2.00. The van der Waals surface area contributed by atoms with Crippen LogP contribution in [0.4, 0.5) is 0 Å². The highest BCUT2D eigenvalue weighted by atomic mass is 32.2. The second-order valence-corrected chi connectivity index (χ2v) is 7.13. The minimum Gasteiger partial charge on any atom is -0.246 e. The van der Waals surface area contributed by atoms with Crippen LogP contribution in [0.5, 0.6) is 0 Å². The molecule has 1 aromatic rings. The Labute approximate surface area is 111 Å². The molecule has 1 aliphatic heterocycles. The van der Waals surface area contributed by atoms with Crippen LogP contribution < -0.4 is 11.4 Å². The van der Waals surface area contributed by atoms with Gasteiger partial charge in [0.25, 0.3) is 0 Å². The molecular weight excluding hydrogens is 270 g/mol. The van der Waals surface area contributed by atoms with Gasteiger partial charge in [0.15, 0.2) is 9.84 Å². The molecule has 108 valence electrons. The third kappa shape index (κ3) is 2.83. The molecule has 0 aliphatic carbocycles. The Kier molecular flexibility index (Phi) is 3.98. The maximum atomic E-state index is 12.1. The summed E-state index contributed by atoms with van der Waals surface area (Å²) in [5, 5.41) is 0. The maximum Gasteiger partial charge on any atom is 0.347 e. The van der Waals surface area contributed by atoms with Crippen LogP contribution in [0.15, 0.2) is 9.59 Å². The fraction of sp³-hybridized carbons (Fsp3) is 0.818. The Morgan fingerprint density at radius 2 is 1.53 bits per heavy atom. The van der Waals surface area contributed by atoms with Gasteiger partial charge >= 0.3 is 11.4 Å². The van der Waals surface area contributed by atoms with E-state index in [0.29, 0.717) is 6.54 Å². The summed E-state index contributed by atoms with van der Waals surface area (Å²) in [6.07, 6.45) is 2.77. The highest BCUT2D eigenvalue weighted by Gasteiger charge is 2.23. The van der Waals surface area contributed by atoms with Crippen molar-refractivity contribution in [2.75, 3.05) is 11.5 Å². The van der Waals surface area contributed by atoms with Crippen molar-refractivity contribution >= 4 is 9.84 Å². The van der Waals surface area contributed by atoms with Gasteiger partial charge in [-0.15, -0.1) is 0 Å². The first kappa shape index (κ1) is 14.1. The molecular formula is C11H19N3O4S. The zero-order chi connectivity index (χ0) is 14.0. The van der Waals surface area contributed by atoms with Crippen molar-refractivity contribution < 1.29 is 8.42 Å². The van der Waals surface area contributed by atoms with Crippen LogP contribution in [-0.4, -0.2) is 33.9 Å². The van der Waals surface area contributed by atoms with E-state index in [1.807, 2.05) is 0 Å². The summed E-state index contributed by atoms with van der Waals surface area (Å²) < 4.78 is 26.8. The summed E-state index contributed by atoms with van der Waals surface area (Å²) >= 11 is 0. The molecule has 0 saturated carbocycles. The highest BCUT2D eigenvalue weighted by Crippen LogP contribution is 2.00. The van der Waals surface area contributed by atoms with Gasteiger partial charge in [0, 0.05) is 6.54 Å². The van der Waals surface area contributed by atoms with Crippen molar-refractivity contribution in [2.24, 2.45) is 0 Å². The number of hydrogen-bond acceptors (Lipinski definition) is 4. The van der Waals surface area contributed by atoms with Gasteiger partial charge in [-0.3, -0.25) is 0 Å². The molecule has 19 heavy (non-hydrogen) atoms. The van der Waals surface area contributed by atoms with Gasteiger partial charge in [-0.2, -0.15) is 0 Å². The largest absolute Gasteiger partial charge is 0.347 e. The van der Waals surface area contributed by atoms with E-state index in [2.05, 4.69) is 6.92 Å². The van der Waals surface area contributed by atoms with Crippen LogP contribution in [0.2, 0.25) is 0 Å². The molecule has 1 aliphatic rings. The van der Waals surface area contributed by atoms with E-state index in [0.717, 1.165) is 19.3 Å². The number of unbranched alkanes of at least 4 members (excludes halogenated alkanes) is 2. The molecule has 1 aromatic heterocycles. The third-order valence-electron chi connectivity index (χ3n) is 3.41. The van der Waals surface area contributed by atoms with Gasteiger partial charge in [0.05, 0.1) is 24.6 Å². The molecule has 0 unspecified atom stereocenters. The zero-order valence-corrected chi connectivity index (χ0v) is 11.9. The molecule has 2 rings (SSSR count). The fourth-order valence-corrected chi connectivity index (χ4v) is 3.37. The smallest absolute Gasteiger partial charge is 0.246 e. The molecule has 0 saturated heterocycles. The van der Waals surface area contributed by atoms with Crippen molar-refractivity contribution in [2.45, 2.75) is 45.8 Å². The average Bonchev–Trinajstić information content (AvgIpc) is 2.49. The van der Waals surface area contributed by atoms with Gasteiger partial charge in [0.1, 0.15) is 0 Å². The summed E-state index contributed by atoms with van der Waals surface area (Å²) in [5.41, 5.74) is -0.781. The average molecular weight is 289 g/mol. The quantitative estimate of drug-likeness (QED) is 0.695. The van der Waals surface area contributed by atoms with E-state index in [4.69, 9.17) is 0 Å². The summed E-state index contributed by atoms with van der Waals surface area (Å²) in [7, 11) is -3.15. The molecule has 0 atom stereocenters. The number of fused-ring (bicyclic) bond motifs is 1. The van der Waals surface area contributed by atoms with E-state index >= 15 is 0 Å². The van der Waals surface area contributed by atoms with Gasteiger partial charge in [-0.25, -0.2) is 31.9 Å². The Morgan fingerprint density at radius 1 is 1.00 bits per heavy atom. The van der Waals surface area contributed by atoms with Gasteiger partial charge in [-0.05, 0) is 6.42 Å². The number of rotatable bonds is 4. The first-order chi connectivity index (χ1) is 8.96. The van der Waals surface area contributed by atoms with E-state index in [9.17, 15) is 18.0 Å². The molecule has 0 bridgehead atoms. The summed E-state index contributed by atoms with van der Waals surface area (Å²) in [6.45, 7) is 2.59. The monoisotopic (exact) mass is 289 g/mol. The molecule has 8 heteroatoms. The van der Waals surface area contributed by atoms with E-state index in [-0.39, 0.29) is 24.6 Å². The van der Waals surface area contributed by atoms with Crippen molar-refractivity contribution in [3.8, 4) is 0 Å². The molecule has 2 heterocycles. The highest BCUT2D eigenvalue weighted by molar-refractivity contribution is 7.91. The number of aromatic nitrogens is 3. The SMILES string of the molecule is CCCCCn1c(=O)n2n(c1=O)CCS(=O)(=O)CC2. The first-order valence-corrected chi connectivity index (χ1v) is 8.39. The Bertz CT molecular complexity index is 620. The van der Waals surface area contributed by atoms with Crippen molar-refractivity contribution in [1.82, 2.24) is 13.9 Å². The molecule has 0 aromatic carbocycles. The molecule has 0 fully saturated rings. The zero-order valence-electron chi connectivity index (χ0n) is 11.0. The lowest BCUT2D eigenvalue weighted by atomic mass is 10.2. The van der Waals surface area contributed by atoms with Crippen molar-refractivity contribution in [1.29, 1.82) is 0 Å². The number of sulfone groups is 1. The minimum atomic E-state index is -3.15. The molecule has 0 radical (unpaired) electrons. The minimum absolute atomic E-state index is 0.0667. The van der Waals surface area contributed by atoms with Gasteiger partial charge in [-0.1, -0.05) is 19.8 Å². The Morgan fingerprint density at radius 3 is 2.00 bits per heavy atom. The second-order valence-electron chi connectivity index (χ2n) is 4.82. The summed E-state index contributed by atoms with van der Waals surface area (Å²) in [6, 6.07) is 0. The second kappa shape index (κ2) is 5.36. The van der Waals surface area contributed by atoms with Gasteiger partial charge < -0.3 is 0 Å². The van der Waals surface area contributed by atoms with Crippen molar-refractivity contribution in [3.05, 3.63) is 21.0 Å². The molecule has 0 amide bonds. The Hall–Kier alpha value is -1.31. The van der Waals surface area contributed by atoms with Crippen LogP contribution in [0.25, 0.3) is 0 Å². The lowest BCUT2D eigenvalue weighted by Crippen LogP contribution is -2.30. The summed E-state index contributed by atoms with van der Waals surface area (Å²) in [4.78, 5) is 24.2. The topological polar surface area (TPSA) is 83.1 Å². The van der Waals surface area contributed by atoms with Crippen LogP contribution in [0, 0.1) is 0 Å². The van der Waals surface area contributed by atoms with Crippen molar-refractivity contribution in [3.63, 3.8) is 0 Å². The number of nitrogens with zero attached hydrogens (tertiary/aromatic N) is 3. The van der Waals surface area contributed by atoms with Crippen LogP contribution in [0.1, 0.15) is 26.2 Å². The van der Waals surface area contributed by atoms with Crippen LogP contribution >= 0.6 is 0 Å².